The maximum atomic E-state index is 3.83. The van der Waals surface area contributed by atoms with Gasteiger partial charge in [0.25, 0.3) is 0 Å². The SMILES string of the molecule is c1ccc2cc(N3CCNC4(CCCCC4)C3)ccc2c1. The van der Waals surface area contributed by atoms with Crippen molar-refractivity contribution in [1.82, 2.24) is 5.32 Å². The van der Waals surface area contributed by atoms with E-state index in [0.29, 0.717) is 5.54 Å². The van der Waals surface area contributed by atoms with E-state index in [1.807, 2.05) is 0 Å². The van der Waals surface area contributed by atoms with Gasteiger partial charge in [0.2, 0.25) is 0 Å². The third-order valence-corrected chi connectivity index (χ3v) is 5.28. The molecule has 110 valence electrons. The van der Waals surface area contributed by atoms with Crippen molar-refractivity contribution in [2.45, 2.75) is 37.6 Å². The molecule has 0 bridgehead atoms. The summed E-state index contributed by atoms with van der Waals surface area (Å²) >= 11 is 0. The van der Waals surface area contributed by atoms with E-state index in [0.717, 1.165) is 13.1 Å². The highest BCUT2D eigenvalue weighted by Crippen LogP contribution is 2.33. The van der Waals surface area contributed by atoms with Crippen molar-refractivity contribution in [1.29, 1.82) is 0 Å². The smallest absolute Gasteiger partial charge is 0.0373 e. The van der Waals surface area contributed by atoms with Gasteiger partial charge < -0.3 is 10.2 Å². The van der Waals surface area contributed by atoms with Crippen molar-refractivity contribution >= 4 is 16.5 Å². The lowest BCUT2D eigenvalue weighted by Gasteiger charge is -2.47. The molecule has 0 amide bonds. The molecular formula is C19H24N2. The molecule has 4 rings (SSSR count). The molecule has 2 aromatic rings. The Morgan fingerprint density at radius 3 is 2.57 bits per heavy atom. The summed E-state index contributed by atoms with van der Waals surface area (Å²) in [6.07, 6.45) is 6.88. The predicted molar refractivity (Wildman–Crippen MR) is 90.0 cm³/mol. The Hall–Kier alpha value is -1.54. The third kappa shape index (κ3) is 2.53. The molecule has 21 heavy (non-hydrogen) atoms. The molecule has 1 saturated heterocycles. The van der Waals surface area contributed by atoms with E-state index in [-0.39, 0.29) is 0 Å². The van der Waals surface area contributed by atoms with Gasteiger partial charge >= 0.3 is 0 Å². The van der Waals surface area contributed by atoms with Crippen LogP contribution in [0.1, 0.15) is 32.1 Å². The fraction of sp³-hybridized carbons (Fsp3) is 0.474. The van der Waals surface area contributed by atoms with Crippen LogP contribution in [0.5, 0.6) is 0 Å². The van der Waals surface area contributed by atoms with Gasteiger partial charge in [-0.1, -0.05) is 49.6 Å². The highest BCUT2D eigenvalue weighted by Gasteiger charge is 2.36. The lowest BCUT2D eigenvalue weighted by atomic mass is 9.80. The topological polar surface area (TPSA) is 15.3 Å². The quantitative estimate of drug-likeness (QED) is 0.851. The molecule has 1 aliphatic carbocycles. The standard InChI is InChI=1S/C19H24N2/c1-4-10-19(11-5-1)15-21(13-12-20-19)18-9-8-16-6-2-3-7-17(16)14-18/h2-3,6-9,14,20H,1,4-5,10-13,15H2. The van der Waals surface area contributed by atoms with Crippen LogP contribution in [-0.2, 0) is 0 Å². The highest BCUT2D eigenvalue weighted by molar-refractivity contribution is 5.85. The van der Waals surface area contributed by atoms with Gasteiger partial charge in [-0.2, -0.15) is 0 Å². The minimum Gasteiger partial charge on any atom is -0.368 e. The first-order valence-corrected chi connectivity index (χ1v) is 8.34. The van der Waals surface area contributed by atoms with E-state index in [1.165, 1.54) is 55.1 Å². The number of hydrogen-bond acceptors (Lipinski definition) is 2. The number of hydrogen-bond donors (Lipinski definition) is 1. The molecule has 1 spiro atoms. The number of anilines is 1. The summed E-state index contributed by atoms with van der Waals surface area (Å²) < 4.78 is 0. The Morgan fingerprint density at radius 2 is 1.71 bits per heavy atom. The van der Waals surface area contributed by atoms with E-state index >= 15 is 0 Å². The lowest BCUT2D eigenvalue weighted by molar-refractivity contribution is 0.216. The molecule has 1 N–H and O–H groups in total. The first-order chi connectivity index (χ1) is 10.3. The van der Waals surface area contributed by atoms with Gasteiger partial charge in [-0.3, -0.25) is 0 Å². The van der Waals surface area contributed by atoms with E-state index in [1.54, 1.807) is 0 Å². The average molecular weight is 280 g/mol. The van der Waals surface area contributed by atoms with E-state index < -0.39 is 0 Å². The number of nitrogens with one attached hydrogen (secondary N) is 1. The number of rotatable bonds is 1. The zero-order chi connectivity index (χ0) is 14.1. The zero-order valence-corrected chi connectivity index (χ0v) is 12.6. The average Bonchev–Trinajstić information content (AvgIpc) is 2.55. The van der Waals surface area contributed by atoms with Crippen LogP contribution in [0.15, 0.2) is 42.5 Å². The minimum absolute atomic E-state index is 0.377. The second-order valence-corrected chi connectivity index (χ2v) is 6.72. The number of fused-ring (bicyclic) bond motifs is 1. The normalized spacial score (nSPS) is 21.8. The van der Waals surface area contributed by atoms with Gasteiger partial charge in [-0.25, -0.2) is 0 Å². The molecule has 0 aromatic heterocycles. The summed E-state index contributed by atoms with van der Waals surface area (Å²) in [7, 11) is 0. The second-order valence-electron chi connectivity index (χ2n) is 6.72. The highest BCUT2D eigenvalue weighted by atomic mass is 15.2. The summed E-state index contributed by atoms with van der Waals surface area (Å²) in [5, 5.41) is 6.52. The molecule has 1 heterocycles. The van der Waals surface area contributed by atoms with Crippen LogP contribution in [0.4, 0.5) is 5.69 Å². The van der Waals surface area contributed by atoms with Crippen molar-refractivity contribution in [3.8, 4) is 0 Å². The fourth-order valence-electron chi connectivity index (χ4n) is 4.11. The molecule has 0 atom stereocenters. The van der Waals surface area contributed by atoms with Crippen LogP contribution >= 0.6 is 0 Å². The second kappa shape index (κ2) is 5.34. The molecule has 1 saturated carbocycles. The van der Waals surface area contributed by atoms with Crippen LogP contribution in [0.2, 0.25) is 0 Å². The summed E-state index contributed by atoms with van der Waals surface area (Å²) in [5.74, 6) is 0. The van der Waals surface area contributed by atoms with Crippen LogP contribution in [0, 0.1) is 0 Å². The lowest BCUT2D eigenvalue weighted by Crippen LogP contribution is -2.61. The molecule has 1 aliphatic heterocycles. The summed E-state index contributed by atoms with van der Waals surface area (Å²) in [4.78, 5) is 2.59. The van der Waals surface area contributed by atoms with Crippen LogP contribution < -0.4 is 10.2 Å². The maximum absolute atomic E-state index is 3.83. The van der Waals surface area contributed by atoms with E-state index in [2.05, 4.69) is 52.7 Å². The number of piperazine rings is 1. The van der Waals surface area contributed by atoms with Gasteiger partial charge in [0.1, 0.15) is 0 Å². The van der Waals surface area contributed by atoms with Gasteiger partial charge in [0.05, 0.1) is 0 Å². The molecule has 2 heteroatoms. The van der Waals surface area contributed by atoms with Gasteiger partial charge in [-0.15, -0.1) is 0 Å². The van der Waals surface area contributed by atoms with E-state index in [4.69, 9.17) is 0 Å². The molecule has 0 radical (unpaired) electrons. The van der Waals surface area contributed by atoms with Gasteiger partial charge in [0.15, 0.2) is 0 Å². The van der Waals surface area contributed by atoms with Gasteiger partial charge in [-0.05, 0) is 35.7 Å². The first-order valence-electron chi connectivity index (χ1n) is 8.34. The van der Waals surface area contributed by atoms with Crippen LogP contribution in [0.3, 0.4) is 0 Å². The van der Waals surface area contributed by atoms with Crippen LogP contribution in [0.25, 0.3) is 10.8 Å². The fourth-order valence-corrected chi connectivity index (χ4v) is 4.11. The molecule has 2 aromatic carbocycles. The largest absolute Gasteiger partial charge is 0.368 e. The molecule has 2 nitrogen and oxygen atoms in total. The molecular weight excluding hydrogens is 256 g/mol. The van der Waals surface area contributed by atoms with Crippen molar-refractivity contribution in [2.75, 3.05) is 24.5 Å². The first kappa shape index (κ1) is 13.1. The predicted octanol–water partition coefficient (Wildman–Crippen LogP) is 3.95. The Labute approximate surface area is 127 Å². The van der Waals surface area contributed by atoms with Crippen molar-refractivity contribution in [2.24, 2.45) is 0 Å². The van der Waals surface area contributed by atoms with Crippen LogP contribution in [-0.4, -0.2) is 25.2 Å². The maximum Gasteiger partial charge on any atom is 0.0373 e. The van der Waals surface area contributed by atoms with E-state index in [9.17, 15) is 0 Å². The molecule has 0 unspecified atom stereocenters. The Kier molecular flexibility index (Phi) is 3.34. The molecule has 2 fully saturated rings. The van der Waals surface area contributed by atoms with Gasteiger partial charge in [0, 0.05) is 30.9 Å². The summed E-state index contributed by atoms with van der Waals surface area (Å²) in [6, 6.07) is 15.6. The van der Waals surface area contributed by atoms with Crippen molar-refractivity contribution in [3.05, 3.63) is 42.5 Å². The number of nitrogens with zero attached hydrogens (tertiary/aromatic N) is 1. The number of benzene rings is 2. The Balaban J connectivity index is 1.61. The third-order valence-electron chi connectivity index (χ3n) is 5.28. The van der Waals surface area contributed by atoms with Crippen molar-refractivity contribution < 1.29 is 0 Å². The Bertz CT molecular complexity index is 623. The summed E-state index contributed by atoms with van der Waals surface area (Å²) in [6.45, 7) is 3.41. The van der Waals surface area contributed by atoms with Crippen molar-refractivity contribution in [3.63, 3.8) is 0 Å². The monoisotopic (exact) mass is 280 g/mol. The Morgan fingerprint density at radius 1 is 0.905 bits per heavy atom. The molecule has 2 aliphatic rings. The summed E-state index contributed by atoms with van der Waals surface area (Å²) in [5.41, 5.74) is 1.77. The zero-order valence-electron chi connectivity index (χ0n) is 12.6. The minimum atomic E-state index is 0.377.